The van der Waals surface area contributed by atoms with E-state index in [0.717, 1.165) is 6.42 Å². The van der Waals surface area contributed by atoms with Crippen molar-refractivity contribution >= 4 is 12.1 Å². The number of carboxylic acids is 1. The molecule has 0 aromatic carbocycles. The summed E-state index contributed by atoms with van der Waals surface area (Å²) in [6.07, 6.45) is 2.92. The van der Waals surface area contributed by atoms with Crippen LogP contribution in [0.1, 0.15) is 46.0 Å². The second-order valence-corrected chi connectivity index (χ2v) is 3.46. The summed E-state index contributed by atoms with van der Waals surface area (Å²) in [7, 11) is 0. The Labute approximate surface area is 89.7 Å². The van der Waals surface area contributed by atoms with Crippen molar-refractivity contribution in [3.63, 3.8) is 0 Å². The van der Waals surface area contributed by atoms with Crippen LogP contribution in [0.3, 0.4) is 0 Å². The minimum Gasteiger partial charge on any atom is -0.481 e. The first kappa shape index (κ1) is 16.2. The average Bonchev–Trinajstić information content (AvgIpc) is 2.10. The molecule has 1 unspecified atom stereocenters. The summed E-state index contributed by atoms with van der Waals surface area (Å²) in [5, 5.41) is 22.3. The summed E-state index contributed by atoms with van der Waals surface area (Å²) in [6, 6.07) is 0. The Balaban J connectivity index is 0. The van der Waals surface area contributed by atoms with Gasteiger partial charge in [0.15, 0.2) is 0 Å². The molecule has 0 radical (unpaired) electrons. The maximum atomic E-state index is 10.2. The Morgan fingerprint density at radius 1 is 1.13 bits per heavy atom. The molecule has 0 aliphatic rings. The zero-order valence-electron chi connectivity index (χ0n) is 9.27. The Morgan fingerprint density at radius 2 is 1.60 bits per heavy atom. The van der Waals surface area contributed by atoms with Crippen LogP contribution in [0, 0.1) is 5.92 Å². The van der Waals surface area contributed by atoms with Crippen LogP contribution in [0.4, 0.5) is 4.79 Å². The molecule has 0 spiro atoms. The fraction of sp³-hybridized carbons (Fsp3) is 0.800. The van der Waals surface area contributed by atoms with E-state index in [4.69, 9.17) is 20.1 Å². The molecule has 0 amide bonds. The smallest absolute Gasteiger partial charge is 0.481 e. The van der Waals surface area contributed by atoms with Gasteiger partial charge in [0.05, 0.1) is 0 Å². The predicted molar refractivity (Wildman–Crippen MR) is 56.2 cm³/mol. The van der Waals surface area contributed by atoms with Gasteiger partial charge in [-0.1, -0.05) is 33.1 Å². The maximum absolute atomic E-state index is 10.2. The van der Waals surface area contributed by atoms with Crippen LogP contribution in [0.25, 0.3) is 0 Å². The van der Waals surface area contributed by atoms with Crippen molar-refractivity contribution in [3.8, 4) is 0 Å². The highest BCUT2D eigenvalue weighted by Crippen LogP contribution is 2.13. The van der Waals surface area contributed by atoms with Crippen molar-refractivity contribution in [2.24, 2.45) is 5.92 Å². The van der Waals surface area contributed by atoms with E-state index in [9.17, 15) is 4.79 Å². The minimum absolute atomic E-state index is 0.324. The van der Waals surface area contributed by atoms with Crippen molar-refractivity contribution < 1.29 is 24.9 Å². The van der Waals surface area contributed by atoms with Crippen LogP contribution in [0.2, 0.25) is 0 Å². The lowest BCUT2D eigenvalue weighted by molar-refractivity contribution is -0.137. The summed E-state index contributed by atoms with van der Waals surface area (Å²) in [6.45, 7) is 4.28. The highest BCUT2D eigenvalue weighted by Gasteiger charge is 2.03. The lowest BCUT2D eigenvalue weighted by Gasteiger charge is -2.07. The van der Waals surface area contributed by atoms with Crippen LogP contribution in [0.5, 0.6) is 0 Å². The first-order valence-electron chi connectivity index (χ1n) is 5.03. The first-order valence-corrected chi connectivity index (χ1v) is 5.03. The Hall–Kier alpha value is -1.26. The lowest BCUT2D eigenvalue weighted by Crippen LogP contribution is -2.00. The monoisotopic (exact) mass is 220 g/mol. The molecule has 0 saturated heterocycles. The molecular formula is C10H20O5. The number of hydrogen-bond acceptors (Lipinski definition) is 2. The van der Waals surface area contributed by atoms with E-state index in [2.05, 4.69) is 13.8 Å². The second kappa shape index (κ2) is 10.8. The maximum Gasteiger partial charge on any atom is 0.503 e. The van der Waals surface area contributed by atoms with Gasteiger partial charge in [-0.2, -0.15) is 0 Å². The Kier molecular flexibility index (Phi) is 11.7. The number of unbranched alkanes of at least 4 members (excludes halogenated alkanes) is 1. The molecule has 0 fully saturated rings. The number of hydrogen-bond donors (Lipinski definition) is 3. The van der Waals surface area contributed by atoms with Crippen LogP contribution >= 0.6 is 0 Å². The van der Waals surface area contributed by atoms with Gasteiger partial charge in [0, 0.05) is 6.42 Å². The zero-order chi connectivity index (χ0) is 12.3. The van der Waals surface area contributed by atoms with Crippen molar-refractivity contribution in [2.45, 2.75) is 46.0 Å². The van der Waals surface area contributed by atoms with Crippen molar-refractivity contribution in [2.75, 3.05) is 0 Å². The molecule has 0 rings (SSSR count). The Morgan fingerprint density at radius 3 is 1.93 bits per heavy atom. The van der Waals surface area contributed by atoms with Gasteiger partial charge in [-0.3, -0.25) is 4.79 Å². The van der Waals surface area contributed by atoms with Crippen LogP contribution in [-0.4, -0.2) is 27.4 Å². The fourth-order valence-electron chi connectivity index (χ4n) is 1.07. The molecule has 0 saturated carbocycles. The molecule has 0 heterocycles. The zero-order valence-corrected chi connectivity index (χ0v) is 9.27. The van der Waals surface area contributed by atoms with Gasteiger partial charge in [0.2, 0.25) is 0 Å². The van der Waals surface area contributed by atoms with E-state index in [1.807, 2.05) is 0 Å². The van der Waals surface area contributed by atoms with Gasteiger partial charge in [-0.15, -0.1) is 0 Å². The van der Waals surface area contributed by atoms with Crippen LogP contribution < -0.4 is 0 Å². The molecule has 1 atom stereocenters. The molecule has 5 heteroatoms. The van der Waals surface area contributed by atoms with Gasteiger partial charge in [-0.25, -0.2) is 4.79 Å². The van der Waals surface area contributed by atoms with Gasteiger partial charge < -0.3 is 15.3 Å². The second-order valence-electron chi connectivity index (χ2n) is 3.46. The Bertz CT molecular complexity index is 175. The van der Waals surface area contributed by atoms with Gasteiger partial charge >= 0.3 is 12.1 Å². The van der Waals surface area contributed by atoms with Crippen LogP contribution in [-0.2, 0) is 4.79 Å². The van der Waals surface area contributed by atoms with E-state index in [0.29, 0.717) is 12.3 Å². The van der Waals surface area contributed by atoms with E-state index < -0.39 is 12.1 Å². The summed E-state index contributed by atoms with van der Waals surface area (Å²) in [5.41, 5.74) is 0. The van der Waals surface area contributed by atoms with Gasteiger partial charge in [0.25, 0.3) is 0 Å². The van der Waals surface area contributed by atoms with Gasteiger partial charge in [0.1, 0.15) is 0 Å². The highest BCUT2D eigenvalue weighted by molar-refractivity contribution is 5.66. The number of rotatable bonds is 6. The van der Waals surface area contributed by atoms with Crippen LogP contribution in [0.15, 0.2) is 0 Å². The van der Waals surface area contributed by atoms with Gasteiger partial charge in [-0.05, 0) is 12.3 Å². The predicted octanol–water partition coefficient (Wildman–Crippen LogP) is 2.90. The topological polar surface area (TPSA) is 94.8 Å². The minimum atomic E-state index is -1.83. The molecule has 5 nitrogen and oxygen atoms in total. The fourth-order valence-corrected chi connectivity index (χ4v) is 1.07. The third-order valence-corrected chi connectivity index (χ3v) is 1.90. The van der Waals surface area contributed by atoms with Crippen molar-refractivity contribution in [1.82, 2.24) is 0 Å². The highest BCUT2D eigenvalue weighted by atomic mass is 16.6. The summed E-state index contributed by atoms with van der Waals surface area (Å²) >= 11 is 0. The van der Waals surface area contributed by atoms with Crippen molar-refractivity contribution in [3.05, 3.63) is 0 Å². The molecule has 0 aliphatic carbocycles. The normalized spacial score (nSPS) is 11.1. The first-order chi connectivity index (χ1) is 6.90. The van der Waals surface area contributed by atoms with E-state index >= 15 is 0 Å². The average molecular weight is 220 g/mol. The molecule has 0 aromatic rings. The SMILES string of the molecule is CCCCC(C)CCC(=O)O.O=C(O)O. The van der Waals surface area contributed by atoms with Crippen molar-refractivity contribution in [1.29, 1.82) is 0 Å². The quantitative estimate of drug-likeness (QED) is 0.639. The molecule has 0 bridgehead atoms. The summed E-state index contributed by atoms with van der Waals surface area (Å²) in [5.74, 6) is -0.0978. The molecule has 15 heavy (non-hydrogen) atoms. The standard InChI is InChI=1S/C9H18O2.CH2O3/c1-3-4-5-8(2)6-7-9(10)11;2-1(3)4/h8H,3-7H2,1-2H3,(H,10,11);(H2,2,3,4). The lowest BCUT2D eigenvalue weighted by atomic mass is 9.99. The summed E-state index contributed by atoms with van der Waals surface area (Å²) < 4.78 is 0. The largest absolute Gasteiger partial charge is 0.503 e. The van der Waals surface area contributed by atoms with E-state index in [1.54, 1.807) is 0 Å². The molecular weight excluding hydrogens is 200 g/mol. The van der Waals surface area contributed by atoms with E-state index in [-0.39, 0.29) is 0 Å². The van der Waals surface area contributed by atoms with E-state index in [1.165, 1.54) is 19.3 Å². The molecule has 0 aliphatic heterocycles. The molecule has 0 aromatic heterocycles. The summed E-state index contributed by atoms with van der Waals surface area (Å²) in [4.78, 5) is 18.7. The third-order valence-electron chi connectivity index (χ3n) is 1.90. The number of carboxylic acid groups (broad SMARTS) is 3. The molecule has 90 valence electrons. The molecule has 3 N–H and O–H groups in total. The third kappa shape index (κ3) is 24.5. The number of carbonyl (C=O) groups is 2. The number of aliphatic carboxylic acids is 1.